The summed E-state index contributed by atoms with van der Waals surface area (Å²) >= 11 is 9.47. The highest BCUT2D eigenvalue weighted by atomic mass is 35.5. The summed E-state index contributed by atoms with van der Waals surface area (Å²) in [5.41, 5.74) is 4.19. The van der Waals surface area contributed by atoms with Crippen LogP contribution < -0.4 is 4.74 Å². The predicted molar refractivity (Wildman–Crippen MR) is 129 cm³/mol. The van der Waals surface area contributed by atoms with E-state index in [0.29, 0.717) is 28.9 Å². The second-order valence-electron chi connectivity index (χ2n) is 6.85. The van der Waals surface area contributed by atoms with Crippen molar-refractivity contribution in [2.45, 2.75) is 24.4 Å². The van der Waals surface area contributed by atoms with E-state index in [1.807, 2.05) is 22.8 Å². The van der Waals surface area contributed by atoms with Crippen LogP contribution >= 0.6 is 34.7 Å². The second kappa shape index (κ2) is 9.68. The van der Waals surface area contributed by atoms with Crippen molar-refractivity contribution in [2.75, 3.05) is 7.11 Å². The Hall–Kier alpha value is -2.61. The molecule has 0 bridgehead atoms. The average molecular weight is 469 g/mol. The number of ether oxygens (including phenoxy) is 1. The number of aryl methyl sites for hydroxylation is 1. The fraction of sp³-hybridized carbons (Fsp3) is 0.174. The molecule has 158 valence electrons. The topological polar surface area (TPSA) is 52.8 Å². The highest BCUT2D eigenvalue weighted by Crippen LogP contribution is 2.34. The van der Waals surface area contributed by atoms with Gasteiger partial charge in [0.25, 0.3) is 0 Å². The lowest BCUT2D eigenvalue weighted by molar-refractivity contribution is 0.416. The zero-order valence-electron chi connectivity index (χ0n) is 17.2. The van der Waals surface area contributed by atoms with Crippen LogP contribution in [-0.4, -0.2) is 26.9 Å². The minimum atomic E-state index is 0.575. The van der Waals surface area contributed by atoms with Crippen molar-refractivity contribution in [3.05, 3.63) is 76.8 Å². The molecule has 0 amide bonds. The zero-order chi connectivity index (χ0) is 21.8. The van der Waals surface area contributed by atoms with Gasteiger partial charge in [0.05, 0.1) is 18.4 Å². The van der Waals surface area contributed by atoms with Gasteiger partial charge < -0.3 is 4.74 Å². The molecule has 0 aliphatic carbocycles. The van der Waals surface area contributed by atoms with Crippen LogP contribution in [0, 0.1) is 6.92 Å². The molecule has 0 saturated carbocycles. The minimum absolute atomic E-state index is 0.575. The number of methoxy groups -OCH3 is 1. The second-order valence-corrected chi connectivity index (χ2v) is 9.09. The van der Waals surface area contributed by atoms with E-state index in [4.69, 9.17) is 21.3 Å². The van der Waals surface area contributed by atoms with Crippen LogP contribution in [0.3, 0.4) is 0 Å². The Labute approximate surface area is 194 Å². The van der Waals surface area contributed by atoms with Gasteiger partial charge in [-0.15, -0.1) is 28.1 Å². The molecule has 0 atom stereocenters. The first kappa shape index (κ1) is 21.6. The van der Waals surface area contributed by atoms with Crippen LogP contribution in [0.1, 0.15) is 11.3 Å². The quantitative estimate of drug-likeness (QED) is 0.218. The molecule has 0 spiro atoms. The van der Waals surface area contributed by atoms with Crippen molar-refractivity contribution in [2.24, 2.45) is 0 Å². The van der Waals surface area contributed by atoms with Crippen molar-refractivity contribution in [3.8, 4) is 27.7 Å². The van der Waals surface area contributed by atoms with Gasteiger partial charge >= 0.3 is 0 Å². The maximum atomic E-state index is 6.22. The molecule has 5 nitrogen and oxygen atoms in total. The summed E-state index contributed by atoms with van der Waals surface area (Å²) in [4.78, 5) is 4.79. The van der Waals surface area contributed by atoms with Crippen molar-refractivity contribution >= 4 is 34.7 Å². The maximum absolute atomic E-state index is 6.22. The van der Waals surface area contributed by atoms with E-state index in [0.717, 1.165) is 27.0 Å². The van der Waals surface area contributed by atoms with Crippen LogP contribution in [0.25, 0.3) is 22.0 Å². The van der Waals surface area contributed by atoms with E-state index in [1.54, 1.807) is 36.3 Å². The largest absolute Gasteiger partial charge is 0.496 e. The Morgan fingerprint density at radius 1 is 1.19 bits per heavy atom. The molecular formula is C23H21ClN4OS2. The molecule has 2 heterocycles. The normalized spacial score (nSPS) is 10.9. The van der Waals surface area contributed by atoms with Crippen LogP contribution in [0.15, 0.2) is 65.7 Å². The molecule has 8 heteroatoms. The molecule has 0 aliphatic heterocycles. The molecule has 31 heavy (non-hydrogen) atoms. The zero-order valence-corrected chi connectivity index (χ0v) is 19.6. The summed E-state index contributed by atoms with van der Waals surface area (Å²) in [7, 11) is 1.63. The number of allylic oxidation sites excluding steroid dienone is 1. The number of thiazole rings is 1. The molecule has 4 rings (SSSR count). The van der Waals surface area contributed by atoms with Gasteiger partial charge in [-0.05, 0) is 25.1 Å². The Balaban J connectivity index is 1.57. The Morgan fingerprint density at radius 3 is 2.74 bits per heavy atom. The minimum Gasteiger partial charge on any atom is -0.496 e. The van der Waals surface area contributed by atoms with Crippen molar-refractivity contribution < 1.29 is 4.74 Å². The third-order valence-electron chi connectivity index (χ3n) is 4.63. The van der Waals surface area contributed by atoms with Crippen molar-refractivity contribution in [3.63, 3.8) is 0 Å². The summed E-state index contributed by atoms with van der Waals surface area (Å²) in [5.74, 6) is 2.09. The van der Waals surface area contributed by atoms with Gasteiger partial charge in [0, 0.05) is 28.3 Å². The smallest absolute Gasteiger partial charge is 0.192 e. The van der Waals surface area contributed by atoms with E-state index in [2.05, 4.69) is 53.3 Å². The molecular weight excluding hydrogens is 448 g/mol. The molecule has 4 aromatic rings. The summed E-state index contributed by atoms with van der Waals surface area (Å²) in [5, 5.41) is 13.4. The Kier molecular flexibility index (Phi) is 6.75. The molecule has 0 unspecified atom stereocenters. The van der Waals surface area contributed by atoms with Crippen molar-refractivity contribution in [1.82, 2.24) is 19.7 Å². The fourth-order valence-electron chi connectivity index (χ4n) is 3.08. The van der Waals surface area contributed by atoms with Gasteiger partial charge in [0.15, 0.2) is 11.0 Å². The first-order chi connectivity index (χ1) is 15.1. The van der Waals surface area contributed by atoms with E-state index < -0.39 is 0 Å². The molecule has 0 saturated heterocycles. The lowest BCUT2D eigenvalue weighted by Gasteiger charge is -2.11. The molecule has 2 aromatic carbocycles. The summed E-state index contributed by atoms with van der Waals surface area (Å²) in [6.07, 6.45) is 1.83. The SMILES string of the molecule is C=CCn1c(SCc2csc(-c3ccc(C)cc3)n2)nnc1-c1cc(Cl)ccc1OC. The maximum Gasteiger partial charge on any atom is 0.192 e. The van der Waals surface area contributed by atoms with Crippen LogP contribution in [0.2, 0.25) is 5.02 Å². The van der Waals surface area contributed by atoms with Gasteiger partial charge in [0.1, 0.15) is 10.8 Å². The third kappa shape index (κ3) is 4.84. The van der Waals surface area contributed by atoms with Gasteiger partial charge in [-0.3, -0.25) is 4.57 Å². The standard InChI is InChI=1S/C23H21ClN4OS2/c1-4-11-28-21(19-12-17(24)9-10-20(19)29-3)26-27-23(28)31-14-18-13-30-22(25-18)16-7-5-15(2)6-8-16/h4-10,12-13H,1,11,14H2,2-3H3. The van der Waals surface area contributed by atoms with E-state index in [1.165, 1.54) is 5.56 Å². The first-order valence-electron chi connectivity index (χ1n) is 9.61. The lowest BCUT2D eigenvalue weighted by Crippen LogP contribution is -2.02. The number of nitrogens with zero attached hydrogens (tertiary/aromatic N) is 4. The highest BCUT2D eigenvalue weighted by molar-refractivity contribution is 7.98. The van der Waals surface area contributed by atoms with E-state index in [9.17, 15) is 0 Å². The number of hydrogen-bond acceptors (Lipinski definition) is 6. The van der Waals surface area contributed by atoms with Crippen LogP contribution in [0.5, 0.6) is 5.75 Å². The number of aromatic nitrogens is 4. The number of hydrogen-bond donors (Lipinski definition) is 0. The van der Waals surface area contributed by atoms with Gasteiger partial charge in [0.2, 0.25) is 0 Å². The predicted octanol–water partition coefficient (Wildman–Crippen LogP) is 6.52. The highest BCUT2D eigenvalue weighted by Gasteiger charge is 2.18. The van der Waals surface area contributed by atoms with Crippen molar-refractivity contribution in [1.29, 1.82) is 0 Å². The van der Waals surface area contributed by atoms with Gasteiger partial charge in [-0.2, -0.15) is 0 Å². The first-order valence-corrected chi connectivity index (χ1v) is 11.9. The lowest BCUT2D eigenvalue weighted by atomic mass is 10.2. The van der Waals surface area contributed by atoms with E-state index in [-0.39, 0.29) is 0 Å². The van der Waals surface area contributed by atoms with Gasteiger partial charge in [-0.25, -0.2) is 4.98 Å². The summed E-state index contributed by atoms with van der Waals surface area (Å²) < 4.78 is 7.51. The van der Waals surface area contributed by atoms with Gasteiger partial charge in [-0.1, -0.05) is 59.3 Å². The summed E-state index contributed by atoms with van der Waals surface area (Å²) in [6, 6.07) is 13.9. The number of halogens is 1. The number of rotatable bonds is 8. The van der Waals surface area contributed by atoms with E-state index >= 15 is 0 Å². The third-order valence-corrected chi connectivity index (χ3v) is 6.81. The summed E-state index contributed by atoms with van der Waals surface area (Å²) in [6.45, 7) is 6.54. The Bertz CT molecular complexity index is 1200. The average Bonchev–Trinajstić information content (AvgIpc) is 3.40. The number of thioether (sulfide) groups is 1. The molecule has 2 aromatic heterocycles. The number of benzene rings is 2. The molecule has 0 radical (unpaired) electrons. The van der Waals surface area contributed by atoms with Crippen LogP contribution in [-0.2, 0) is 12.3 Å². The molecule has 0 aliphatic rings. The monoisotopic (exact) mass is 468 g/mol. The van der Waals surface area contributed by atoms with Crippen LogP contribution in [0.4, 0.5) is 0 Å². The molecule has 0 N–H and O–H groups in total. The fourth-order valence-corrected chi connectivity index (χ4v) is 5.03. The molecule has 0 fully saturated rings. The Morgan fingerprint density at radius 2 is 2.00 bits per heavy atom.